The summed E-state index contributed by atoms with van der Waals surface area (Å²) >= 11 is 7.09. The average molecular weight is 455 g/mol. The van der Waals surface area contributed by atoms with Crippen LogP contribution in [0.2, 0.25) is 5.02 Å². The maximum atomic E-state index is 12.3. The van der Waals surface area contributed by atoms with E-state index in [1.165, 1.54) is 30.0 Å². The lowest BCUT2D eigenvalue weighted by Gasteiger charge is -2.10. The second-order valence-corrected chi connectivity index (χ2v) is 7.31. The van der Waals surface area contributed by atoms with Gasteiger partial charge in [0.1, 0.15) is 11.5 Å². The first-order valence-corrected chi connectivity index (χ1v) is 10.0. The fraction of sp³-hybridized carbons (Fsp3) is 0.211. The molecule has 0 saturated carbocycles. The van der Waals surface area contributed by atoms with E-state index in [4.69, 9.17) is 16.0 Å². The molecule has 0 fully saturated rings. The van der Waals surface area contributed by atoms with Crippen LogP contribution in [0.15, 0.2) is 52.8 Å². The van der Waals surface area contributed by atoms with Gasteiger partial charge in [-0.2, -0.15) is 8.78 Å². The smallest absolute Gasteiger partial charge is 0.387 e. The standard InChI is InChI=1S/C19H17ClF2N4O3S/c1-3-7-26-17(13-6-8-28-11(13)2)24-25-19(26)30-10-16(27)23-12-4-5-15(14(20)9-12)29-18(21)22/h3-6,8-9,18H,1,7,10H2,2H3,(H,23,27). The van der Waals surface area contributed by atoms with Crippen molar-refractivity contribution in [3.05, 3.63) is 54.0 Å². The molecule has 0 unspecified atom stereocenters. The third-order valence-electron chi connectivity index (χ3n) is 3.89. The number of aromatic nitrogens is 3. The Bertz CT molecular complexity index is 1050. The number of ether oxygens (including phenoxy) is 1. The fourth-order valence-corrected chi connectivity index (χ4v) is 3.58. The molecule has 0 aliphatic carbocycles. The molecule has 30 heavy (non-hydrogen) atoms. The van der Waals surface area contributed by atoms with Gasteiger partial charge in [-0.15, -0.1) is 16.8 Å². The summed E-state index contributed by atoms with van der Waals surface area (Å²) in [4.78, 5) is 12.3. The Morgan fingerprint density at radius 2 is 2.23 bits per heavy atom. The number of allylic oxidation sites excluding steroid dienone is 1. The van der Waals surface area contributed by atoms with Gasteiger partial charge in [-0.25, -0.2) is 0 Å². The number of benzene rings is 1. The highest BCUT2D eigenvalue weighted by Gasteiger charge is 2.18. The van der Waals surface area contributed by atoms with Crippen LogP contribution in [0, 0.1) is 6.92 Å². The number of thioether (sulfide) groups is 1. The second kappa shape index (κ2) is 9.77. The maximum absolute atomic E-state index is 12.3. The van der Waals surface area contributed by atoms with Gasteiger partial charge in [0.15, 0.2) is 11.0 Å². The molecular formula is C19H17ClF2N4O3S. The lowest BCUT2D eigenvalue weighted by atomic mass is 10.2. The Labute approximate surface area is 180 Å². The van der Waals surface area contributed by atoms with Crippen LogP contribution < -0.4 is 10.1 Å². The van der Waals surface area contributed by atoms with Crippen LogP contribution in [0.25, 0.3) is 11.4 Å². The van der Waals surface area contributed by atoms with Crippen molar-refractivity contribution < 1.29 is 22.7 Å². The van der Waals surface area contributed by atoms with Gasteiger partial charge in [0.25, 0.3) is 0 Å². The highest BCUT2D eigenvalue weighted by Crippen LogP contribution is 2.30. The number of hydrogen-bond donors (Lipinski definition) is 1. The zero-order valence-corrected chi connectivity index (χ0v) is 17.3. The normalized spacial score (nSPS) is 11.0. The summed E-state index contributed by atoms with van der Waals surface area (Å²) in [5, 5.41) is 11.5. The number of carbonyl (C=O) groups is 1. The minimum Gasteiger partial charge on any atom is -0.469 e. The molecule has 0 atom stereocenters. The van der Waals surface area contributed by atoms with Crippen LogP contribution in [-0.2, 0) is 11.3 Å². The van der Waals surface area contributed by atoms with Gasteiger partial charge in [0, 0.05) is 12.2 Å². The number of furan rings is 1. The van der Waals surface area contributed by atoms with E-state index >= 15 is 0 Å². The molecule has 1 N–H and O–H groups in total. The Morgan fingerprint density at radius 1 is 1.43 bits per heavy atom. The molecular weight excluding hydrogens is 438 g/mol. The van der Waals surface area contributed by atoms with Gasteiger partial charge in [-0.05, 0) is 31.2 Å². The van der Waals surface area contributed by atoms with Crippen molar-refractivity contribution in [2.75, 3.05) is 11.1 Å². The van der Waals surface area contributed by atoms with E-state index in [2.05, 4.69) is 26.8 Å². The molecule has 0 aliphatic heterocycles. The molecule has 3 aromatic rings. The number of alkyl halides is 2. The number of nitrogens with one attached hydrogen (secondary N) is 1. The van der Waals surface area contributed by atoms with Crippen LogP contribution in [0.1, 0.15) is 5.76 Å². The van der Waals surface area contributed by atoms with Crippen LogP contribution >= 0.6 is 23.4 Å². The number of hydrogen-bond acceptors (Lipinski definition) is 6. The third kappa shape index (κ3) is 5.19. The summed E-state index contributed by atoms with van der Waals surface area (Å²) in [5.74, 6) is 0.877. The summed E-state index contributed by atoms with van der Waals surface area (Å²) in [6, 6.07) is 5.82. The molecule has 0 aliphatic rings. The van der Waals surface area contributed by atoms with Crippen LogP contribution in [0.3, 0.4) is 0 Å². The fourth-order valence-electron chi connectivity index (χ4n) is 2.60. The first kappa shape index (κ1) is 21.8. The highest BCUT2D eigenvalue weighted by molar-refractivity contribution is 7.99. The van der Waals surface area contributed by atoms with Crippen molar-refractivity contribution in [1.82, 2.24) is 14.8 Å². The van der Waals surface area contributed by atoms with E-state index in [1.807, 2.05) is 11.5 Å². The van der Waals surface area contributed by atoms with Crippen LogP contribution in [0.5, 0.6) is 5.75 Å². The summed E-state index contributed by atoms with van der Waals surface area (Å²) in [6.07, 6.45) is 3.28. The Hall–Kier alpha value is -2.85. The van der Waals surface area contributed by atoms with Crippen LogP contribution in [-0.4, -0.2) is 33.0 Å². The third-order valence-corrected chi connectivity index (χ3v) is 5.15. The molecule has 2 aromatic heterocycles. The molecule has 0 bridgehead atoms. The van der Waals surface area contributed by atoms with Crippen molar-refractivity contribution in [1.29, 1.82) is 0 Å². The molecule has 0 spiro atoms. The highest BCUT2D eigenvalue weighted by atomic mass is 35.5. The molecule has 0 saturated heterocycles. The quantitative estimate of drug-likeness (QED) is 0.361. The lowest BCUT2D eigenvalue weighted by Crippen LogP contribution is -2.15. The van der Waals surface area contributed by atoms with Crippen LogP contribution in [0.4, 0.5) is 14.5 Å². The maximum Gasteiger partial charge on any atom is 0.387 e. The molecule has 7 nitrogen and oxygen atoms in total. The monoisotopic (exact) mass is 454 g/mol. The summed E-state index contributed by atoms with van der Waals surface area (Å²) in [7, 11) is 0. The molecule has 11 heteroatoms. The summed E-state index contributed by atoms with van der Waals surface area (Å²) in [6.45, 7) is 3.05. The van der Waals surface area contributed by atoms with Crippen molar-refractivity contribution >= 4 is 35.0 Å². The summed E-state index contributed by atoms with van der Waals surface area (Å²) < 4.78 is 36.0. The summed E-state index contributed by atoms with van der Waals surface area (Å²) in [5.41, 5.74) is 1.16. The average Bonchev–Trinajstić information content (AvgIpc) is 3.28. The molecule has 158 valence electrons. The topological polar surface area (TPSA) is 82.2 Å². The van der Waals surface area contributed by atoms with Gasteiger partial charge in [0.05, 0.1) is 22.6 Å². The van der Waals surface area contributed by atoms with Gasteiger partial charge < -0.3 is 14.5 Å². The van der Waals surface area contributed by atoms with Crippen molar-refractivity contribution in [3.63, 3.8) is 0 Å². The van der Waals surface area contributed by atoms with E-state index in [0.717, 1.165) is 5.56 Å². The van der Waals surface area contributed by atoms with Gasteiger partial charge in [-0.3, -0.25) is 9.36 Å². The molecule has 0 radical (unpaired) electrons. The van der Waals surface area contributed by atoms with Gasteiger partial charge in [-0.1, -0.05) is 29.4 Å². The molecule has 1 amide bonds. The zero-order chi connectivity index (χ0) is 21.7. The van der Waals surface area contributed by atoms with E-state index in [0.29, 0.717) is 29.0 Å². The number of nitrogens with zero attached hydrogens (tertiary/aromatic N) is 3. The van der Waals surface area contributed by atoms with Crippen molar-refractivity contribution in [2.45, 2.75) is 25.2 Å². The number of halogens is 3. The molecule has 1 aromatic carbocycles. The van der Waals surface area contributed by atoms with Gasteiger partial charge in [0.2, 0.25) is 5.91 Å². The largest absolute Gasteiger partial charge is 0.469 e. The lowest BCUT2D eigenvalue weighted by molar-refractivity contribution is -0.113. The molecule has 2 heterocycles. The molecule has 3 rings (SSSR count). The number of rotatable bonds is 9. The van der Waals surface area contributed by atoms with E-state index in [1.54, 1.807) is 18.4 Å². The minimum absolute atomic E-state index is 0.0356. The number of anilines is 1. The Balaban J connectivity index is 1.66. The first-order valence-electron chi connectivity index (χ1n) is 8.64. The zero-order valence-electron chi connectivity index (χ0n) is 15.8. The predicted octanol–water partition coefficient (Wildman–Crippen LogP) is 5.02. The Kier molecular flexibility index (Phi) is 7.11. The van der Waals surface area contributed by atoms with Gasteiger partial charge >= 0.3 is 6.61 Å². The number of carbonyl (C=O) groups excluding carboxylic acids is 1. The second-order valence-electron chi connectivity index (χ2n) is 5.96. The first-order chi connectivity index (χ1) is 14.4. The van der Waals surface area contributed by atoms with Crippen molar-refractivity contribution in [2.24, 2.45) is 0 Å². The number of aryl methyl sites for hydroxylation is 1. The van der Waals surface area contributed by atoms with E-state index in [-0.39, 0.29) is 22.4 Å². The van der Waals surface area contributed by atoms with Crippen molar-refractivity contribution in [3.8, 4) is 17.1 Å². The minimum atomic E-state index is -2.98. The number of amides is 1. The Morgan fingerprint density at radius 3 is 2.87 bits per heavy atom. The van der Waals surface area contributed by atoms with E-state index < -0.39 is 6.61 Å². The predicted molar refractivity (Wildman–Crippen MR) is 110 cm³/mol. The van der Waals surface area contributed by atoms with E-state index in [9.17, 15) is 13.6 Å². The SMILES string of the molecule is C=CCn1c(SCC(=O)Nc2ccc(OC(F)F)c(Cl)c2)nnc1-c1ccoc1C.